The number of hydrogen-bond donors (Lipinski definition) is 1. The predicted molar refractivity (Wildman–Crippen MR) is 99.6 cm³/mol. The predicted octanol–water partition coefficient (Wildman–Crippen LogP) is 3.54. The van der Waals surface area contributed by atoms with Crippen molar-refractivity contribution in [2.45, 2.75) is 43.9 Å². The SMILES string of the molecule is CCS(=O)(=O)c1ccc(NC(=O)Cc2ccc3c(c2)CCCC3)cc1. The first-order chi connectivity index (χ1) is 12.0. The van der Waals surface area contributed by atoms with E-state index in [2.05, 4.69) is 17.4 Å². The first-order valence-corrected chi connectivity index (χ1v) is 10.4. The van der Waals surface area contributed by atoms with Crippen molar-refractivity contribution in [3.05, 3.63) is 59.2 Å². The lowest BCUT2D eigenvalue weighted by molar-refractivity contribution is -0.115. The molecule has 0 aliphatic heterocycles. The smallest absolute Gasteiger partial charge is 0.228 e. The van der Waals surface area contributed by atoms with Crippen LogP contribution in [-0.2, 0) is 33.9 Å². The van der Waals surface area contributed by atoms with Gasteiger partial charge >= 0.3 is 0 Å². The Morgan fingerprint density at radius 2 is 1.68 bits per heavy atom. The third kappa shape index (κ3) is 4.28. The summed E-state index contributed by atoms with van der Waals surface area (Å²) in [5, 5.41) is 2.83. The lowest BCUT2D eigenvalue weighted by Crippen LogP contribution is -2.15. The summed E-state index contributed by atoms with van der Waals surface area (Å²) in [4.78, 5) is 12.5. The van der Waals surface area contributed by atoms with E-state index >= 15 is 0 Å². The molecule has 0 bridgehead atoms. The molecule has 0 saturated heterocycles. The first kappa shape index (κ1) is 17.7. The van der Waals surface area contributed by atoms with E-state index in [0.29, 0.717) is 12.1 Å². The first-order valence-electron chi connectivity index (χ1n) is 8.71. The molecule has 0 saturated carbocycles. The third-order valence-electron chi connectivity index (χ3n) is 4.65. The van der Waals surface area contributed by atoms with Crippen molar-refractivity contribution in [2.24, 2.45) is 0 Å². The van der Waals surface area contributed by atoms with Gasteiger partial charge in [0.25, 0.3) is 0 Å². The minimum atomic E-state index is -3.21. The van der Waals surface area contributed by atoms with Gasteiger partial charge in [0.05, 0.1) is 17.1 Å². The second-order valence-electron chi connectivity index (χ2n) is 6.46. The molecule has 1 N–H and O–H groups in total. The zero-order chi connectivity index (χ0) is 17.9. The summed E-state index contributed by atoms with van der Waals surface area (Å²) in [6.45, 7) is 1.61. The van der Waals surface area contributed by atoms with Gasteiger partial charge in [-0.1, -0.05) is 25.1 Å². The molecule has 25 heavy (non-hydrogen) atoms. The van der Waals surface area contributed by atoms with Crippen molar-refractivity contribution in [1.82, 2.24) is 0 Å². The fourth-order valence-electron chi connectivity index (χ4n) is 3.20. The molecule has 132 valence electrons. The highest BCUT2D eigenvalue weighted by Gasteiger charge is 2.13. The van der Waals surface area contributed by atoms with Crippen LogP contribution < -0.4 is 5.32 Å². The molecule has 0 heterocycles. The van der Waals surface area contributed by atoms with Crippen molar-refractivity contribution < 1.29 is 13.2 Å². The van der Waals surface area contributed by atoms with Gasteiger partial charge in [-0.2, -0.15) is 0 Å². The monoisotopic (exact) mass is 357 g/mol. The summed E-state index contributed by atoms with van der Waals surface area (Å²) in [6, 6.07) is 12.6. The molecule has 2 aromatic carbocycles. The number of carbonyl (C=O) groups is 1. The summed E-state index contributed by atoms with van der Waals surface area (Å²) >= 11 is 0. The van der Waals surface area contributed by atoms with Crippen molar-refractivity contribution in [1.29, 1.82) is 0 Å². The van der Waals surface area contributed by atoms with Crippen LogP contribution >= 0.6 is 0 Å². The Bertz CT molecular complexity index is 870. The molecule has 1 amide bonds. The van der Waals surface area contributed by atoms with Gasteiger partial charge < -0.3 is 5.32 Å². The number of sulfone groups is 1. The zero-order valence-electron chi connectivity index (χ0n) is 14.4. The van der Waals surface area contributed by atoms with Gasteiger partial charge in [-0.05, 0) is 66.6 Å². The maximum atomic E-state index is 12.3. The molecule has 2 aromatic rings. The summed E-state index contributed by atoms with van der Waals surface area (Å²) in [7, 11) is -3.21. The Hall–Kier alpha value is -2.14. The van der Waals surface area contributed by atoms with Crippen molar-refractivity contribution in [3.8, 4) is 0 Å². The van der Waals surface area contributed by atoms with Gasteiger partial charge in [-0.3, -0.25) is 4.79 Å². The number of anilines is 1. The largest absolute Gasteiger partial charge is 0.326 e. The Balaban J connectivity index is 1.65. The van der Waals surface area contributed by atoms with Gasteiger partial charge in [0.1, 0.15) is 0 Å². The van der Waals surface area contributed by atoms with Crippen LogP contribution in [0.2, 0.25) is 0 Å². The highest BCUT2D eigenvalue weighted by atomic mass is 32.2. The Kier molecular flexibility index (Phi) is 5.23. The number of fused-ring (bicyclic) bond motifs is 1. The van der Waals surface area contributed by atoms with E-state index in [0.717, 1.165) is 18.4 Å². The van der Waals surface area contributed by atoms with E-state index in [9.17, 15) is 13.2 Å². The standard InChI is InChI=1S/C20H23NO3S/c1-2-25(23,24)19-11-9-18(10-12-19)21-20(22)14-15-7-8-16-5-3-4-6-17(16)13-15/h7-13H,2-6,14H2,1H3,(H,21,22). The van der Waals surface area contributed by atoms with Crippen LogP contribution in [0.15, 0.2) is 47.4 Å². The topological polar surface area (TPSA) is 63.2 Å². The van der Waals surface area contributed by atoms with Crippen molar-refractivity contribution >= 4 is 21.4 Å². The van der Waals surface area contributed by atoms with Crippen LogP contribution in [0.25, 0.3) is 0 Å². The van der Waals surface area contributed by atoms with E-state index in [4.69, 9.17) is 0 Å². The molecular weight excluding hydrogens is 334 g/mol. The zero-order valence-corrected chi connectivity index (χ0v) is 15.2. The fourth-order valence-corrected chi connectivity index (χ4v) is 4.08. The molecule has 0 atom stereocenters. The minimum Gasteiger partial charge on any atom is -0.326 e. The highest BCUT2D eigenvalue weighted by molar-refractivity contribution is 7.91. The van der Waals surface area contributed by atoms with E-state index in [1.54, 1.807) is 19.1 Å². The summed E-state index contributed by atoms with van der Waals surface area (Å²) in [6.07, 6.45) is 5.02. The van der Waals surface area contributed by atoms with E-state index < -0.39 is 9.84 Å². The molecule has 3 rings (SSSR count). The van der Waals surface area contributed by atoms with Crippen LogP contribution in [-0.4, -0.2) is 20.1 Å². The highest BCUT2D eigenvalue weighted by Crippen LogP contribution is 2.22. The maximum absolute atomic E-state index is 12.3. The van der Waals surface area contributed by atoms with Gasteiger partial charge in [0, 0.05) is 5.69 Å². The number of hydrogen-bond acceptors (Lipinski definition) is 3. The van der Waals surface area contributed by atoms with Gasteiger partial charge in [-0.25, -0.2) is 8.42 Å². The molecule has 0 spiro atoms. The van der Waals surface area contributed by atoms with Gasteiger partial charge in [0.2, 0.25) is 5.91 Å². The quantitative estimate of drug-likeness (QED) is 0.890. The number of rotatable bonds is 5. The minimum absolute atomic E-state index is 0.0665. The van der Waals surface area contributed by atoms with E-state index in [-0.39, 0.29) is 16.6 Å². The molecule has 4 nitrogen and oxygen atoms in total. The van der Waals surface area contributed by atoms with Crippen LogP contribution in [0, 0.1) is 0 Å². The lowest BCUT2D eigenvalue weighted by Gasteiger charge is -2.16. The third-order valence-corrected chi connectivity index (χ3v) is 6.41. The molecule has 1 aliphatic carbocycles. The van der Waals surface area contributed by atoms with E-state index in [1.807, 2.05) is 6.07 Å². The lowest BCUT2D eigenvalue weighted by atomic mass is 9.90. The van der Waals surface area contributed by atoms with E-state index in [1.165, 1.54) is 36.1 Å². The van der Waals surface area contributed by atoms with Crippen molar-refractivity contribution in [2.75, 3.05) is 11.1 Å². The summed E-state index contributed by atoms with van der Waals surface area (Å²) in [5.41, 5.74) is 4.40. The Morgan fingerprint density at radius 1 is 1.00 bits per heavy atom. The Labute approximate surface area is 149 Å². The fraction of sp³-hybridized carbons (Fsp3) is 0.350. The van der Waals surface area contributed by atoms with Gasteiger partial charge in [0.15, 0.2) is 9.84 Å². The van der Waals surface area contributed by atoms with Crippen LogP contribution in [0.4, 0.5) is 5.69 Å². The molecule has 5 heteroatoms. The molecular formula is C20H23NO3S. The molecule has 0 aromatic heterocycles. The second kappa shape index (κ2) is 7.40. The maximum Gasteiger partial charge on any atom is 0.228 e. The molecule has 0 radical (unpaired) electrons. The normalized spacial score (nSPS) is 14.0. The van der Waals surface area contributed by atoms with Crippen LogP contribution in [0.3, 0.4) is 0 Å². The molecule has 0 fully saturated rings. The average Bonchev–Trinajstić information content (AvgIpc) is 2.62. The number of aryl methyl sites for hydroxylation is 2. The number of carbonyl (C=O) groups excluding carboxylic acids is 1. The summed E-state index contributed by atoms with van der Waals surface area (Å²) in [5.74, 6) is -0.0290. The Morgan fingerprint density at radius 3 is 2.36 bits per heavy atom. The number of benzene rings is 2. The average molecular weight is 357 g/mol. The number of amides is 1. The van der Waals surface area contributed by atoms with Crippen molar-refractivity contribution in [3.63, 3.8) is 0 Å². The van der Waals surface area contributed by atoms with Crippen LogP contribution in [0.5, 0.6) is 0 Å². The number of nitrogens with one attached hydrogen (secondary N) is 1. The van der Waals surface area contributed by atoms with Crippen LogP contribution in [0.1, 0.15) is 36.5 Å². The second-order valence-corrected chi connectivity index (χ2v) is 8.74. The summed E-state index contributed by atoms with van der Waals surface area (Å²) < 4.78 is 23.6. The van der Waals surface area contributed by atoms with Gasteiger partial charge in [-0.15, -0.1) is 0 Å². The molecule has 0 unspecified atom stereocenters. The molecule has 1 aliphatic rings.